The van der Waals surface area contributed by atoms with Gasteiger partial charge in [-0.1, -0.05) is 27.7 Å². The molecule has 0 aromatic rings. The van der Waals surface area contributed by atoms with E-state index in [0.29, 0.717) is 17.8 Å². The Balaban J connectivity index is 1.95. The summed E-state index contributed by atoms with van der Waals surface area (Å²) >= 11 is 0. The minimum absolute atomic E-state index is 0.0503. The third kappa shape index (κ3) is 2.23. The number of hydrogen-bond donors (Lipinski definition) is 0. The lowest BCUT2D eigenvalue weighted by Gasteiger charge is -2.31. The summed E-state index contributed by atoms with van der Waals surface area (Å²) < 4.78 is 5.59. The number of rotatable bonds is 3. The number of carbonyl (C=O) groups excluding carboxylic acids is 1. The molecule has 0 amide bonds. The van der Waals surface area contributed by atoms with Gasteiger partial charge in [0.1, 0.15) is 6.10 Å². The van der Waals surface area contributed by atoms with E-state index >= 15 is 0 Å². The first kappa shape index (κ1) is 12.9. The van der Waals surface area contributed by atoms with Crippen molar-refractivity contribution < 1.29 is 9.53 Å². The van der Waals surface area contributed by atoms with Crippen molar-refractivity contribution in [1.82, 2.24) is 0 Å². The van der Waals surface area contributed by atoms with Crippen molar-refractivity contribution in [3.8, 4) is 0 Å². The highest BCUT2D eigenvalue weighted by molar-refractivity contribution is 5.73. The first-order valence-electron chi connectivity index (χ1n) is 7.12. The molecule has 2 aliphatic carbocycles. The fourth-order valence-electron chi connectivity index (χ4n) is 3.62. The van der Waals surface area contributed by atoms with Gasteiger partial charge in [0.15, 0.2) is 0 Å². The number of carbonyl (C=O) groups is 1. The maximum Gasteiger partial charge on any atom is 0.309 e. The van der Waals surface area contributed by atoms with Gasteiger partial charge in [0, 0.05) is 0 Å². The Hall–Kier alpha value is -0.530. The van der Waals surface area contributed by atoms with Gasteiger partial charge in [-0.05, 0) is 49.4 Å². The molecule has 0 aromatic heterocycles. The van der Waals surface area contributed by atoms with Crippen molar-refractivity contribution in [2.45, 2.75) is 53.6 Å². The predicted octanol–water partition coefficient (Wildman–Crippen LogP) is 3.50. The smallest absolute Gasteiger partial charge is 0.309 e. The van der Waals surface area contributed by atoms with Crippen LogP contribution in [-0.4, -0.2) is 12.1 Å². The van der Waals surface area contributed by atoms with Gasteiger partial charge in [-0.2, -0.15) is 0 Å². The lowest BCUT2D eigenvalue weighted by molar-refractivity contribution is -0.158. The van der Waals surface area contributed by atoms with Crippen molar-refractivity contribution in [2.24, 2.45) is 35.5 Å². The van der Waals surface area contributed by atoms with Gasteiger partial charge in [-0.25, -0.2) is 0 Å². The number of fused-ring (bicyclic) bond motifs is 2. The Morgan fingerprint density at radius 1 is 1.12 bits per heavy atom. The Kier molecular flexibility index (Phi) is 3.51. The third-order valence-corrected chi connectivity index (χ3v) is 5.44. The van der Waals surface area contributed by atoms with Crippen molar-refractivity contribution in [2.75, 3.05) is 0 Å². The van der Waals surface area contributed by atoms with Crippen LogP contribution in [0, 0.1) is 35.5 Å². The Morgan fingerprint density at radius 3 is 2.24 bits per heavy atom. The predicted molar refractivity (Wildman–Crippen MR) is 68.4 cm³/mol. The lowest BCUT2D eigenvalue weighted by Crippen LogP contribution is -2.33. The molecule has 0 spiro atoms. The van der Waals surface area contributed by atoms with E-state index in [-0.39, 0.29) is 18.0 Å². The molecule has 6 unspecified atom stereocenters. The van der Waals surface area contributed by atoms with Gasteiger partial charge in [0.25, 0.3) is 0 Å². The van der Waals surface area contributed by atoms with Gasteiger partial charge in [-0.15, -0.1) is 0 Å². The van der Waals surface area contributed by atoms with E-state index in [1.807, 2.05) is 6.92 Å². The summed E-state index contributed by atoms with van der Waals surface area (Å²) in [5.41, 5.74) is 0. The van der Waals surface area contributed by atoms with Crippen molar-refractivity contribution in [1.29, 1.82) is 0 Å². The maximum absolute atomic E-state index is 12.2. The first-order chi connectivity index (χ1) is 7.91. The molecule has 2 heteroatoms. The molecule has 2 fully saturated rings. The summed E-state index contributed by atoms with van der Waals surface area (Å²) in [6.45, 7) is 10.9. The summed E-state index contributed by atoms with van der Waals surface area (Å²) in [7, 11) is 0. The Morgan fingerprint density at radius 2 is 1.76 bits per heavy atom. The van der Waals surface area contributed by atoms with Crippen molar-refractivity contribution >= 4 is 5.97 Å². The summed E-state index contributed by atoms with van der Waals surface area (Å²) in [5.74, 6) is 3.51. The second-order valence-corrected chi connectivity index (χ2v) is 6.61. The molecular formula is C15H26O2. The SMILES string of the molecule is CC(C)C(C)OC(=O)C1CC2CC1C(C)C2C. The average molecular weight is 238 g/mol. The molecule has 98 valence electrons. The minimum atomic E-state index is 0.0503. The largest absolute Gasteiger partial charge is 0.462 e. The molecule has 0 radical (unpaired) electrons. The molecule has 2 rings (SSSR count). The zero-order valence-corrected chi connectivity index (χ0v) is 11.8. The highest BCUT2D eigenvalue weighted by atomic mass is 16.5. The van der Waals surface area contributed by atoms with E-state index in [2.05, 4.69) is 27.7 Å². The van der Waals surface area contributed by atoms with E-state index in [0.717, 1.165) is 18.3 Å². The summed E-state index contributed by atoms with van der Waals surface area (Å²) in [6.07, 6.45) is 2.37. The zero-order valence-electron chi connectivity index (χ0n) is 11.8. The van der Waals surface area contributed by atoms with E-state index in [1.165, 1.54) is 6.42 Å². The van der Waals surface area contributed by atoms with Crippen LogP contribution in [0.4, 0.5) is 0 Å². The van der Waals surface area contributed by atoms with Gasteiger partial charge < -0.3 is 4.74 Å². The molecule has 0 heterocycles. The fourth-order valence-corrected chi connectivity index (χ4v) is 3.62. The number of hydrogen-bond acceptors (Lipinski definition) is 2. The van der Waals surface area contributed by atoms with Crippen LogP contribution in [0.25, 0.3) is 0 Å². The van der Waals surface area contributed by atoms with Gasteiger partial charge in [-0.3, -0.25) is 4.79 Å². The summed E-state index contributed by atoms with van der Waals surface area (Å²) in [4.78, 5) is 12.2. The van der Waals surface area contributed by atoms with E-state index in [9.17, 15) is 4.79 Å². The molecule has 0 saturated heterocycles. The average Bonchev–Trinajstić information content (AvgIpc) is 2.80. The van der Waals surface area contributed by atoms with Gasteiger partial charge in [0.2, 0.25) is 0 Å². The molecule has 0 aromatic carbocycles. The van der Waals surface area contributed by atoms with E-state index in [1.54, 1.807) is 0 Å². The Labute approximate surface area is 105 Å². The molecule has 2 nitrogen and oxygen atoms in total. The van der Waals surface area contributed by atoms with Crippen LogP contribution in [0.5, 0.6) is 0 Å². The highest BCUT2D eigenvalue weighted by Gasteiger charge is 2.51. The lowest BCUT2D eigenvalue weighted by atomic mass is 9.76. The molecule has 6 atom stereocenters. The fraction of sp³-hybridized carbons (Fsp3) is 0.933. The van der Waals surface area contributed by atoms with Gasteiger partial charge >= 0.3 is 5.97 Å². The van der Waals surface area contributed by atoms with Crippen LogP contribution < -0.4 is 0 Å². The standard InChI is InChI=1S/C15H26O2/c1-8(2)11(5)17-15(16)14-7-12-6-13(14)10(4)9(12)3/h8-14H,6-7H2,1-5H3. The van der Waals surface area contributed by atoms with Crippen LogP contribution in [0.2, 0.25) is 0 Å². The third-order valence-electron chi connectivity index (χ3n) is 5.44. The minimum Gasteiger partial charge on any atom is -0.462 e. The van der Waals surface area contributed by atoms with Crippen molar-refractivity contribution in [3.05, 3.63) is 0 Å². The number of esters is 1. The van der Waals surface area contributed by atoms with Crippen LogP contribution in [-0.2, 0) is 9.53 Å². The van der Waals surface area contributed by atoms with Crippen LogP contribution in [0.3, 0.4) is 0 Å². The number of ether oxygens (including phenoxy) is 1. The summed E-state index contributed by atoms with van der Waals surface area (Å²) in [5, 5.41) is 0. The second-order valence-electron chi connectivity index (χ2n) is 6.61. The maximum atomic E-state index is 12.2. The highest BCUT2D eigenvalue weighted by Crippen LogP contribution is 2.55. The van der Waals surface area contributed by atoms with Crippen LogP contribution in [0.15, 0.2) is 0 Å². The molecule has 17 heavy (non-hydrogen) atoms. The first-order valence-corrected chi connectivity index (χ1v) is 7.12. The molecular weight excluding hydrogens is 212 g/mol. The quantitative estimate of drug-likeness (QED) is 0.703. The van der Waals surface area contributed by atoms with Crippen LogP contribution >= 0.6 is 0 Å². The van der Waals surface area contributed by atoms with E-state index in [4.69, 9.17) is 4.74 Å². The molecule has 2 bridgehead atoms. The second kappa shape index (κ2) is 4.62. The Bertz CT molecular complexity index is 295. The normalized spacial score (nSPS) is 41.9. The summed E-state index contributed by atoms with van der Waals surface area (Å²) in [6, 6.07) is 0. The molecule has 2 aliphatic rings. The zero-order chi connectivity index (χ0) is 12.7. The van der Waals surface area contributed by atoms with Crippen molar-refractivity contribution in [3.63, 3.8) is 0 Å². The molecule has 0 aliphatic heterocycles. The van der Waals surface area contributed by atoms with Gasteiger partial charge in [0.05, 0.1) is 5.92 Å². The van der Waals surface area contributed by atoms with E-state index < -0.39 is 0 Å². The molecule has 2 saturated carbocycles. The topological polar surface area (TPSA) is 26.3 Å². The molecule has 0 N–H and O–H groups in total. The monoisotopic (exact) mass is 238 g/mol. The van der Waals surface area contributed by atoms with Crippen LogP contribution in [0.1, 0.15) is 47.5 Å².